The SMILES string of the molecule is COCCCNC(=O)c1sc2ncnc(NC(C)c3cccs3)c2c1C. The average molecular weight is 391 g/mol. The Bertz CT molecular complexity index is 877. The molecule has 0 bridgehead atoms. The van der Waals surface area contributed by atoms with E-state index in [-0.39, 0.29) is 11.9 Å². The molecule has 1 amide bonds. The van der Waals surface area contributed by atoms with E-state index in [9.17, 15) is 4.79 Å². The number of hydrogen-bond acceptors (Lipinski definition) is 7. The minimum atomic E-state index is -0.0705. The van der Waals surface area contributed by atoms with Gasteiger partial charge in [0.2, 0.25) is 0 Å². The van der Waals surface area contributed by atoms with Crippen molar-refractivity contribution in [2.75, 3.05) is 25.6 Å². The van der Waals surface area contributed by atoms with Gasteiger partial charge >= 0.3 is 0 Å². The molecule has 0 saturated heterocycles. The zero-order chi connectivity index (χ0) is 18.5. The van der Waals surface area contributed by atoms with Crippen molar-refractivity contribution >= 4 is 44.6 Å². The van der Waals surface area contributed by atoms with Gasteiger partial charge in [-0.3, -0.25) is 4.79 Å². The smallest absolute Gasteiger partial charge is 0.261 e. The second kappa shape index (κ2) is 8.57. The first-order valence-electron chi connectivity index (χ1n) is 8.43. The normalized spacial score (nSPS) is 12.3. The number of nitrogens with zero attached hydrogens (tertiary/aromatic N) is 2. The van der Waals surface area contributed by atoms with Crippen molar-refractivity contribution < 1.29 is 9.53 Å². The molecule has 0 fully saturated rings. The first kappa shape index (κ1) is 18.8. The molecule has 26 heavy (non-hydrogen) atoms. The summed E-state index contributed by atoms with van der Waals surface area (Å²) in [5, 5.41) is 9.38. The number of ether oxygens (including phenoxy) is 1. The predicted octanol–water partition coefficient (Wildman–Crippen LogP) is 4.00. The Morgan fingerprint density at radius 1 is 1.38 bits per heavy atom. The zero-order valence-corrected chi connectivity index (χ0v) is 16.7. The minimum Gasteiger partial charge on any atom is -0.385 e. The van der Waals surface area contributed by atoms with E-state index >= 15 is 0 Å². The van der Waals surface area contributed by atoms with E-state index in [2.05, 4.69) is 39.0 Å². The highest BCUT2D eigenvalue weighted by Crippen LogP contribution is 2.34. The van der Waals surface area contributed by atoms with Crippen molar-refractivity contribution in [2.24, 2.45) is 0 Å². The van der Waals surface area contributed by atoms with Crippen LogP contribution in [0.2, 0.25) is 0 Å². The monoisotopic (exact) mass is 390 g/mol. The first-order valence-corrected chi connectivity index (χ1v) is 10.1. The number of amides is 1. The summed E-state index contributed by atoms with van der Waals surface area (Å²) in [6.07, 6.45) is 2.33. The summed E-state index contributed by atoms with van der Waals surface area (Å²) in [6.45, 7) is 5.27. The highest BCUT2D eigenvalue weighted by molar-refractivity contribution is 7.20. The number of carbonyl (C=O) groups is 1. The number of hydrogen-bond donors (Lipinski definition) is 2. The van der Waals surface area contributed by atoms with E-state index in [4.69, 9.17) is 4.74 Å². The number of nitrogens with one attached hydrogen (secondary N) is 2. The molecule has 8 heteroatoms. The summed E-state index contributed by atoms with van der Waals surface area (Å²) in [7, 11) is 1.66. The standard InChI is InChI=1S/C18H22N4O2S2/c1-11-14-16(22-12(2)13-6-4-9-25-13)20-10-21-18(14)26-15(11)17(23)19-7-5-8-24-3/h4,6,9-10,12H,5,7-8H2,1-3H3,(H,19,23)(H,20,21,22). The summed E-state index contributed by atoms with van der Waals surface area (Å²) in [4.78, 5) is 24.0. The number of aromatic nitrogens is 2. The van der Waals surface area contributed by atoms with Crippen LogP contribution in [-0.4, -0.2) is 36.1 Å². The minimum absolute atomic E-state index is 0.0705. The van der Waals surface area contributed by atoms with Crippen LogP contribution in [0.25, 0.3) is 10.2 Å². The van der Waals surface area contributed by atoms with Crippen molar-refractivity contribution in [3.05, 3.63) is 39.2 Å². The van der Waals surface area contributed by atoms with Gasteiger partial charge in [-0.25, -0.2) is 9.97 Å². The Balaban J connectivity index is 1.83. The Morgan fingerprint density at radius 2 is 2.23 bits per heavy atom. The quantitative estimate of drug-likeness (QED) is 0.569. The lowest BCUT2D eigenvalue weighted by atomic mass is 10.2. The van der Waals surface area contributed by atoms with E-state index < -0.39 is 0 Å². The molecule has 1 unspecified atom stereocenters. The Kier molecular flexibility index (Phi) is 6.18. The third kappa shape index (κ3) is 4.03. The summed E-state index contributed by atoms with van der Waals surface area (Å²) in [6, 6.07) is 4.27. The predicted molar refractivity (Wildman–Crippen MR) is 107 cm³/mol. The summed E-state index contributed by atoms with van der Waals surface area (Å²) in [5.74, 6) is 0.696. The molecule has 0 aliphatic heterocycles. The molecule has 0 radical (unpaired) electrons. The van der Waals surface area contributed by atoms with Crippen molar-refractivity contribution in [2.45, 2.75) is 26.3 Å². The Morgan fingerprint density at radius 3 is 2.96 bits per heavy atom. The van der Waals surface area contributed by atoms with Crippen LogP contribution in [0, 0.1) is 6.92 Å². The fourth-order valence-corrected chi connectivity index (χ4v) is 4.51. The molecule has 1 atom stereocenters. The van der Waals surface area contributed by atoms with Crippen molar-refractivity contribution in [1.82, 2.24) is 15.3 Å². The van der Waals surface area contributed by atoms with Gasteiger partial charge in [-0.2, -0.15) is 0 Å². The number of carbonyl (C=O) groups excluding carboxylic acids is 1. The maximum Gasteiger partial charge on any atom is 0.261 e. The zero-order valence-electron chi connectivity index (χ0n) is 15.0. The molecule has 3 heterocycles. The molecular weight excluding hydrogens is 368 g/mol. The number of fused-ring (bicyclic) bond motifs is 1. The fraction of sp³-hybridized carbons (Fsp3) is 0.389. The number of anilines is 1. The molecule has 2 N–H and O–H groups in total. The second-order valence-electron chi connectivity index (χ2n) is 5.94. The van der Waals surface area contributed by atoms with E-state index in [0.29, 0.717) is 18.0 Å². The van der Waals surface area contributed by atoms with Crippen LogP contribution < -0.4 is 10.6 Å². The van der Waals surface area contributed by atoms with Gasteiger partial charge < -0.3 is 15.4 Å². The van der Waals surface area contributed by atoms with Gasteiger partial charge in [-0.15, -0.1) is 22.7 Å². The number of aryl methyl sites for hydroxylation is 1. The molecule has 0 aliphatic carbocycles. The molecule has 0 aromatic carbocycles. The molecule has 3 aromatic heterocycles. The van der Waals surface area contributed by atoms with Crippen LogP contribution in [0.1, 0.15) is 39.5 Å². The number of thiophene rings is 2. The fourth-order valence-electron chi connectivity index (χ4n) is 2.71. The van der Waals surface area contributed by atoms with Crippen LogP contribution in [-0.2, 0) is 4.74 Å². The molecule has 0 spiro atoms. The molecule has 138 valence electrons. The summed E-state index contributed by atoms with van der Waals surface area (Å²) < 4.78 is 5.01. The maximum absolute atomic E-state index is 12.5. The summed E-state index contributed by atoms with van der Waals surface area (Å²) in [5.41, 5.74) is 0.913. The van der Waals surface area contributed by atoms with Crippen LogP contribution in [0.15, 0.2) is 23.8 Å². The van der Waals surface area contributed by atoms with Crippen LogP contribution >= 0.6 is 22.7 Å². The van der Waals surface area contributed by atoms with E-state index in [1.165, 1.54) is 16.2 Å². The first-order chi connectivity index (χ1) is 12.6. The third-order valence-electron chi connectivity index (χ3n) is 4.07. The van der Waals surface area contributed by atoms with Gasteiger partial charge in [-0.1, -0.05) is 6.07 Å². The van der Waals surface area contributed by atoms with E-state index in [1.54, 1.807) is 24.8 Å². The lowest BCUT2D eigenvalue weighted by Crippen LogP contribution is -2.24. The van der Waals surface area contributed by atoms with E-state index in [1.807, 2.05) is 13.0 Å². The van der Waals surface area contributed by atoms with Crippen molar-refractivity contribution in [3.63, 3.8) is 0 Å². The van der Waals surface area contributed by atoms with Gasteiger partial charge in [0.1, 0.15) is 17.0 Å². The number of rotatable bonds is 8. The highest BCUT2D eigenvalue weighted by atomic mass is 32.1. The lowest BCUT2D eigenvalue weighted by Gasteiger charge is -2.13. The van der Waals surface area contributed by atoms with Crippen LogP contribution in [0.4, 0.5) is 5.82 Å². The maximum atomic E-state index is 12.5. The van der Waals surface area contributed by atoms with Gasteiger partial charge in [0.15, 0.2) is 0 Å². The molecule has 3 rings (SSSR count). The largest absolute Gasteiger partial charge is 0.385 e. The molecule has 0 aliphatic rings. The molecular formula is C18H22N4O2S2. The molecule has 0 saturated carbocycles. The average Bonchev–Trinajstić information content (AvgIpc) is 3.28. The van der Waals surface area contributed by atoms with Gasteiger partial charge in [0.25, 0.3) is 5.91 Å². The highest BCUT2D eigenvalue weighted by Gasteiger charge is 2.20. The van der Waals surface area contributed by atoms with Gasteiger partial charge in [0, 0.05) is 25.1 Å². The third-order valence-corrected chi connectivity index (χ3v) is 6.32. The van der Waals surface area contributed by atoms with Crippen molar-refractivity contribution in [3.8, 4) is 0 Å². The van der Waals surface area contributed by atoms with E-state index in [0.717, 1.165) is 28.0 Å². The van der Waals surface area contributed by atoms with Crippen LogP contribution in [0.3, 0.4) is 0 Å². The molecule has 3 aromatic rings. The topological polar surface area (TPSA) is 76.1 Å². The lowest BCUT2D eigenvalue weighted by molar-refractivity contribution is 0.0952. The summed E-state index contributed by atoms with van der Waals surface area (Å²) >= 11 is 3.11. The van der Waals surface area contributed by atoms with Crippen molar-refractivity contribution in [1.29, 1.82) is 0 Å². The van der Waals surface area contributed by atoms with Gasteiger partial charge in [0.05, 0.1) is 16.3 Å². The van der Waals surface area contributed by atoms with Gasteiger partial charge in [-0.05, 0) is 37.3 Å². The molecule has 6 nitrogen and oxygen atoms in total. The second-order valence-corrected chi connectivity index (χ2v) is 7.92. The Labute approximate surface area is 160 Å². The number of methoxy groups -OCH3 is 1. The Hall–Kier alpha value is -2.03. The van der Waals surface area contributed by atoms with Crippen LogP contribution in [0.5, 0.6) is 0 Å².